The zero-order valence-corrected chi connectivity index (χ0v) is 13.2. The van der Waals surface area contributed by atoms with Gasteiger partial charge in [0.15, 0.2) is 0 Å². The van der Waals surface area contributed by atoms with Gasteiger partial charge in [-0.2, -0.15) is 5.10 Å². The molecule has 0 fully saturated rings. The largest absolute Gasteiger partial charge is 0.270 e. The molecule has 0 amide bonds. The first-order valence-corrected chi connectivity index (χ1v) is 8.04. The molecule has 1 aliphatic rings. The van der Waals surface area contributed by atoms with Gasteiger partial charge >= 0.3 is 0 Å². The Hall–Kier alpha value is -3.47. The van der Waals surface area contributed by atoms with Gasteiger partial charge in [-0.1, -0.05) is 48.5 Å². The summed E-state index contributed by atoms with van der Waals surface area (Å²) in [6, 6.07) is 21.4. The number of nitrogens with zero attached hydrogens (tertiary/aromatic N) is 3. The van der Waals surface area contributed by atoms with Crippen LogP contribution in [-0.4, -0.2) is 14.7 Å². The average molecular weight is 327 g/mol. The van der Waals surface area contributed by atoms with Crippen LogP contribution in [0.1, 0.15) is 17.2 Å². The van der Waals surface area contributed by atoms with Crippen molar-refractivity contribution >= 4 is 16.6 Å². The Labute approximate surface area is 143 Å². The van der Waals surface area contributed by atoms with Gasteiger partial charge in [-0.05, 0) is 28.3 Å². The van der Waals surface area contributed by atoms with Gasteiger partial charge in [0.05, 0.1) is 10.4 Å². The fourth-order valence-electron chi connectivity index (χ4n) is 3.69. The summed E-state index contributed by atoms with van der Waals surface area (Å²) in [5.74, 6) is 0. The summed E-state index contributed by atoms with van der Waals surface area (Å²) in [5, 5.41) is 16.5. The van der Waals surface area contributed by atoms with Crippen molar-refractivity contribution in [3.63, 3.8) is 0 Å². The van der Waals surface area contributed by atoms with Crippen LogP contribution in [0.2, 0.25) is 0 Å². The van der Waals surface area contributed by atoms with Crippen molar-refractivity contribution in [1.82, 2.24) is 9.78 Å². The lowest BCUT2D eigenvalue weighted by atomic mass is 10.1. The van der Waals surface area contributed by atoms with Crippen LogP contribution in [0.25, 0.3) is 22.0 Å². The molecule has 0 N–H and O–H groups in total. The maximum atomic E-state index is 11.0. The van der Waals surface area contributed by atoms with Crippen molar-refractivity contribution in [2.45, 2.75) is 6.04 Å². The molecule has 0 unspecified atom stereocenters. The second-order valence-electron chi connectivity index (χ2n) is 6.19. The predicted molar refractivity (Wildman–Crippen MR) is 95.5 cm³/mol. The zero-order valence-electron chi connectivity index (χ0n) is 13.2. The van der Waals surface area contributed by atoms with E-state index in [0.717, 1.165) is 10.9 Å². The quantitative estimate of drug-likeness (QED) is 0.353. The fourth-order valence-corrected chi connectivity index (χ4v) is 3.69. The molecule has 3 aromatic carbocycles. The third-order valence-electron chi connectivity index (χ3n) is 4.78. The molecule has 0 saturated heterocycles. The molecular weight excluding hydrogens is 314 g/mol. The first kappa shape index (κ1) is 13.9. The van der Waals surface area contributed by atoms with Crippen molar-refractivity contribution < 1.29 is 4.92 Å². The van der Waals surface area contributed by atoms with Crippen LogP contribution in [0.3, 0.4) is 0 Å². The number of aromatic nitrogens is 2. The highest BCUT2D eigenvalue weighted by atomic mass is 16.6. The number of rotatable bonds is 2. The van der Waals surface area contributed by atoms with E-state index in [-0.39, 0.29) is 16.7 Å². The molecule has 5 rings (SSSR count). The topological polar surface area (TPSA) is 61.0 Å². The first-order chi connectivity index (χ1) is 12.2. The summed E-state index contributed by atoms with van der Waals surface area (Å²) in [6.45, 7) is 0. The van der Waals surface area contributed by atoms with E-state index in [9.17, 15) is 10.1 Å². The highest BCUT2D eigenvalue weighted by Gasteiger charge is 2.30. The van der Waals surface area contributed by atoms with Crippen LogP contribution in [-0.2, 0) is 0 Å². The number of hydrogen-bond acceptors (Lipinski definition) is 3. The SMILES string of the molecule is O=[N+]([O-])c1ccc2nn(C3c4ccccc4-c4ccccc43)cc2c1. The van der Waals surface area contributed by atoms with Crippen molar-refractivity contribution in [2.24, 2.45) is 0 Å². The van der Waals surface area contributed by atoms with Crippen LogP contribution < -0.4 is 0 Å². The van der Waals surface area contributed by atoms with Crippen molar-refractivity contribution in [1.29, 1.82) is 0 Å². The minimum Gasteiger partial charge on any atom is -0.259 e. The first-order valence-electron chi connectivity index (χ1n) is 8.04. The molecule has 4 aromatic rings. The van der Waals surface area contributed by atoms with Crippen molar-refractivity contribution in [3.8, 4) is 11.1 Å². The van der Waals surface area contributed by atoms with Gasteiger partial charge < -0.3 is 0 Å². The standard InChI is InChI=1S/C20H13N3O2/c24-23(25)14-9-10-19-13(11-14)12-22(21-19)20-17-7-3-1-5-15(17)16-6-2-4-8-18(16)20/h1-12,20H. The van der Waals surface area contributed by atoms with Crippen molar-refractivity contribution in [2.75, 3.05) is 0 Å². The van der Waals surface area contributed by atoms with E-state index >= 15 is 0 Å². The molecule has 25 heavy (non-hydrogen) atoms. The highest BCUT2D eigenvalue weighted by Crippen LogP contribution is 2.45. The average Bonchev–Trinajstić information content (AvgIpc) is 3.19. The van der Waals surface area contributed by atoms with Gasteiger partial charge in [0.2, 0.25) is 0 Å². The lowest BCUT2D eigenvalue weighted by molar-refractivity contribution is -0.384. The minimum atomic E-state index is -0.378. The number of nitro benzene ring substituents is 1. The number of hydrogen-bond donors (Lipinski definition) is 0. The molecule has 0 spiro atoms. The van der Waals surface area contributed by atoms with E-state index in [1.54, 1.807) is 12.1 Å². The summed E-state index contributed by atoms with van der Waals surface area (Å²) in [6.07, 6.45) is 1.89. The van der Waals surface area contributed by atoms with E-state index in [1.807, 2.05) is 35.1 Å². The molecule has 0 saturated carbocycles. The van der Waals surface area contributed by atoms with E-state index in [0.29, 0.717) is 0 Å². The molecule has 1 aliphatic carbocycles. The Morgan fingerprint density at radius 2 is 1.56 bits per heavy atom. The molecule has 0 aliphatic heterocycles. The Morgan fingerprint density at radius 3 is 2.20 bits per heavy atom. The maximum absolute atomic E-state index is 11.0. The second-order valence-corrected chi connectivity index (χ2v) is 6.19. The van der Waals surface area contributed by atoms with E-state index in [2.05, 4.69) is 29.4 Å². The van der Waals surface area contributed by atoms with Crippen LogP contribution >= 0.6 is 0 Å². The van der Waals surface area contributed by atoms with Gasteiger partial charge in [-0.3, -0.25) is 14.8 Å². The minimum absolute atomic E-state index is 0.0149. The monoisotopic (exact) mass is 327 g/mol. The number of benzene rings is 3. The maximum Gasteiger partial charge on any atom is 0.270 e. The molecule has 120 valence electrons. The van der Waals surface area contributed by atoms with Crippen molar-refractivity contribution in [3.05, 3.63) is 94.2 Å². The lowest BCUT2D eigenvalue weighted by Crippen LogP contribution is -2.09. The van der Waals surface area contributed by atoms with Gasteiger partial charge in [0, 0.05) is 23.7 Å². The Kier molecular flexibility index (Phi) is 2.79. The highest BCUT2D eigenvalue weighted by molar-refractivity contribution is 5.82. The predicted octanol–water partition coefficient (Wildman–Crippen LogP) is 4.56. The van der Waals surface area contributed by atoms with E-state index < -0.39 is 0 Å². The van der Waals surface area contributed by atoms with Gasteiger partial charge in [-0.25, -0.2) is 0 Å². The Morgan fingerprint density at radius 1 is 0.920 bits per heavy atom. The molecule has 0 bridgehead atoms. The fraction of sp³-hybridized carbons (Fsp3) is 0.0500. The number of nitro groups is 1. The lowest BCUT2D eigenvalue weighted by Gasteiger charge is -2.14. The molecular formula is C20H13N3O2. The third kappa shape index (κ3) is 1.99. The van der Waals surface area contributed by atoms with Crippen LogP contribution in [0.15, 0.2) is 72.9 Å². The second kappa shape index (κ2) is 5.01. The van der Waals surface area contributed by atoms with Gasteiger partial charge in [0.1, 0.15) is 6.04 Å². The van der Waals surface area contributed by atoms with Crippen LogP contribution in [0, 0.1) is 10.1 Å². The summed E-state index contributed by atoms with van der Waals surface area (Å²) >= 11 is 0. The van der Waals surface area contributed by atoms with Crippen LogP contribution in [0.5, 0.6) is 0 Å². The summed E-state index contributed by atoms with van der Waals surface area (Å²) in [7, 11) is 0. The number of non-ortho nitro benzene ring substituents is 1. The molecule has 5 nitrogen and oxygen atoms in total. The number of fused-ring (bicyclic) bond motifs is 4. The Balaban J connectivity index is 1.73. The summed E-state index contributed by atoms with van der Waals surface area (Å²) in [4.78, 5) is 10.6. The van der Waals surface area contributed by atoms with Gasteiger partial charge in [0.25, 0.3) is 5.69 Å². The smallest absolute Gasteiger partial charge is 0.259 e. The zero-order chi connectivity index (χ0) is 17.0. The Bertz CT molecular complexity index is 1100. The van der Waals surface area contributed by atoms with E-state index in [4.69, 9.17) is 0 Å². The van der Waals surface area contributed by atoms with Crippen LogP contribution in [0.4, 0.5) is 5.69 Å². The molecule has 0 atom stereocenters. The summed E-state index contributed by atoms with van der Waals surface area (Å²) in [5.41, 5.74) is 5.67. The third-order valence-corrected chi connectivity index (χ3v) is 4.78. The van der Waals surface area contributed by atoms with E-state index in [1.165, 1.54) is 28.3 Å². The van der Waals surface area contributed by atoms with Gasteiger partial charge in [-0.15, -0.1) is 0 Å². The molecule has 0 radical (unpaired) electrons. The summed E-state index contributed by atoms with van der Waals surface area (Å²) < 4.78 is 1.92. The molecule has 1 aromatic heterocycles. The normalized spacial score (nSPS) is 13.0. The molecule has 5 heteroatoms. The molecule has 1 heterocycles.